The fourth-order valence-corrected chi connectivity index (χ4v) is 6.71. The molecule has 2 aliphatic rings. The van der Waals surface area contributed by atoms with Gasteiger partial charge in [0.25, 0.3) is 5.91 Å². The number of hydrogen-bond acceptors (Lipinski definition) is 4. The molecule has 1 N–H and O–H groups in total. The fourth-order valence-electron chi connectivity index (χ4n) is 6.45. The number of methoxy groups -OCH3 is 2. The molecular weight excluding hydrogens is 531 g/mol. The second-order valence-corrected chi connectivity index (χ2v) is 11.5. The number of fused-ring (bicyclic) bond motifs is 1. The van der Waals surface area contributed by atoms with Crippen LogP contribution in [0.4, 0.5) is 4.39 Å². The maximum atomic E-state index is 14.7. The number of amides is 1. The molecule has 1 heterocycles. The van der Waals surface area contributed by atoms with Crippen LogP contribution in [0.15, 0.2) is 66.9 Å². The van der Waals surface area contributed by atoms with Crippen LogP contribution >= 0.6 is 11.6 Å². The van der Waals surface area contributed by atoms with E-state index < -0.39 is 0 Å². The number of rotatable bonds is 7. The average molecular weight is 561 g/mol. The van der Waals surface area contributed by atoms with E-state index in [-0.39, 0.29) is 35.1 Å². The number of nitrogens with one attached hydrogen (secondary N) is 1. The molecule has 1 spiro atoms. The maximum absolute atomic E-state index is 14.7. The molecular formula is C32H30ClFN2O4. The standard InChI is InChI=1S/C32H30ClFN2O4/c1-39-28-10-7-21(13-26(28)33)20-5-3-19(4-6-20)18-36-12-11-24-27(34)9-8-25(29(24)36)30(37)35-23-16-32(17-23)14-22(15-32)31(38)40-2/h3-13,22-23H,14-18H2,1-2H3,(H,35,37). The molecule has 0 bridgehead atoms. The molecule has 6 rings (SSSR count). The van der Waals surface area contributed by atoms with Crippen LogP contribution in [-0.2, 0) is 16.1 Å². The van der Waals surface area contributed by atoms with Gasteiger partial charge in [-0.1, -0.05) is 41.9 Å². The average Bonchev–Trinajstić information content (AvgIpc) is 3.33. The van der Waals surface area contributed by atoms with Gasteiger partial charge in [-0.2, -0.15) is 0 Å². The molecule has 0 saturated heterocycles. The normalized spacial score (nSPS) is 21.5. The second kappa shape index (κ2) is 10.3. The highest BCUT2D eigenvalue weighted by Crippen LogP contribution is 2.59. The van der Waals surface area contributed by atoms with Crippen LogP contribution in [-0.4, -0.2) is 36.7 Å². The Morgan fingerprint density at radius 2 is 1.73 bits per heavy atom. The fraction of sp³-hybridized carbons (Fsp3) is 0.312. The van der Waals surface area contributed by atoms with E-state index >= 15 is 0 Å². The molecule has 0 aliphatic heterocycles. The predicted molar refractivity (Wildman–Crippen MR) is 152 cm³/mol. The summed E-state index contributed by atoms with van der Waals surface area (Å²) in [7, 11) is 3.01. The molecule has 40 heavy (non-hydrogen) atoms. The third-order valence-corrected chi connectivity index (χ3v) is 8.79. The van der Waals surface area contributed by atoms with Crippen LogP contribution in [0.2, 0.25) is 5.02 Å². The minimum absolute atomic E-state index is 0.0234. The van der Waals surface area contributed by atoms with E-state index in [0.717, 1.165) is 42.4 Å². The van der Waals surface area contributed by atoms with Gasteiger partial charge in [0.2, 0.25) is 0 Å². The number of hydrogen-bond donors (Lipinski definition) is 1. The third kappa shape index (κ3) is 4.73. The van der Waals surface area contributed by atoms with Crippen molar-refractivity contribution >= 4 is 34.4 Å². The highest BCUT2D eigenvalue weighted by Gasteiger charge is 2.55. The maximum Gasteiger partial charge on any atom is 0.308 e. The van der Waals surface area contributed by atoms with Crippen molar-refractivity contribution in [1.29, 1.82) is 0 Å². The first kappa shape index (κ1) is 26.4. The van der Waals surface area contributed by atoms with Crippen molar-refractivity contribution in [2.75, 3.05) is 14.2 Å². The first-order chi connectivity index (χ1) is 19.3. The molecule has 2 saturated carbocycles. The number of carbonyl (C=O) groups is 2. The number of esters is 1. The number of nitrogens with zero attached hydrogens (tertiary/aromatic N) is 1. The van der Waals surface area contributed by atoms with Crippen molar-refractivity contribution in [2.24, 2.45) is 11.3 Å². The summed E-state index contributed by atoms with van der Waals surface area (Å²) in [5.41, 5.74) is 4.17. The number of benzene rings is 3. The van der Waals surface area contributed by atoms with E-state index in [0.29, 0.717) is 33.8 Å². The lowest BCUT2D eigenvalue weighted by Crippen LogP contribution is -2.57. The molecule has 2 fully saturated rings. The molecule has 1 amide bonds. The van der Waals surface area contributed by atoms with E-state index in [2.05, 4.69) is 5.32 Å². The summed E-state index contributed by atoms with van der Waals surface area (Å²) in [6.07, 6.45) is 5.16. The minimum atomic E-state index is -0.358. The van der Waals surface area contributed by atoms with Crippen molar-refractivity contribution in [2.45, 2.75) is 38.3 Å². The van der Waals surface area contributed by atoms with Gasteiger partial charge < -0.3 is 19.4 Å². The van der Waals surface area contributed by atoms with Gasteiger partial charge >= 0.3 is 5.97 Å². The Balaban J connectivity index is 1.17. The van der Waals surface area contributed by atoms with Gasteiger partial charge in [-0.05, 0) is 78.1 Å². The van der Waals surface area contributed by atoms with Crippen LogP contribution in [0.1, 0.15) is 41.6 Å². The van der Waals surface area contributed by atoms with E-state index in [4.69, 9.17) is 21.1 Å². The zero-order valence-corrected chi connectivity index (χ0v) is 23.1. The Hall–Kier alpha value is -3.84. The van der Waals surface area contributed by atoms with E-state index in [1.165, 1.54) is 13.2 Å². The first-order valence-electron chi connectivity index (χ1n) is 13.4. The van der Waals surface area contributed by atoms with Gasteiger partial charge in [-0.25, -0.2) is 4.39 Å². The number of halogens is 2. The molecule has 0 atom stereocenters. The van der Waals surface area contributed by atoms with Crippen LogP contribution in [0.25, 0.3) is 22.0 Å². The molecule has 0 radical (unpaired) electrons. The SMILES string of the molecule is COC(=O)C1CC2(CC(NC(=O)c3ccc(F)c4ccn(Cc5ccc(-c6ccc(OC)c(Cl)c6)cc5)c34)C2)C1. The van der Waals surface area contributed by atoms with Crippen molar-refractivity contribution in [1.82, 2.24) is 9.88 Å². The van der Waals surface area contributed by atoms with Gasteiger partial charge in [0.1, 0.15) is 11.6 Å². The van der Waals surface area contributed by atoms with Crippen molar-refractivity contribution < 1.29 is 23.5 Å². The zero-order valence-electron chi connectivity index (χ0n) is 22.4. The van der Waals surface area contributed by atoms with Crippen LogP contribution < -0.4 is 10.1 Å². The van der Waals surface area contributed by atoms with E-state index in [1.807, 2.05) is 53.2 Å². The summed E-state index contributed by atoms with van der Waals surface area (Å²) in [6.45, 7) is 0.484. The Labute approximate surface area is 237 Å². The molecule has 6 nitrogen and oxygen atoms in total. The Kier molecular flexibility index (Phi) is 6.78. The summed E-state index contributed by atoms with van der Waals surface area (Å²) >= 11 is 6.30. The van der Waals surface area contributed by atoms with Gasteiger partial charge in [-0.15, -0.1) is 0 Å². The summed E-state index contributed by atoms with van der Waals surface area (Å²) in [5, 5.41) is 4.10. The minimum Gasteiger partial charge on any atom is -0.495 e. The van der Waals surface area contributed by atoms with Gasteiger partial charge in [0, 0.05) is 24.2 Å². The van der Waals surface area contributed by atoms with Gasteiger partial charge in [-0.3, -0.25) is 9.59 Å². The number of ether oxygens (including phenoxy) is 2. The topological polar surface area (TPSA) is 69.6 Å². The first-order valence-corrected chi connectivity index (χ1v) is 13.8. The largest absolute Gasteiger partial charge is 0.495 e. The lowest BCUT2D eigenvalue weighted by atomic mass is 9.50. The smallest absolute Gasteiger partial charge is 0.308 e. The second-order valence-electron chi connectivity index (χ2n) is 11.1. The Morgan fingerprint density at radius 3 is 2.40 bits per heavy atom. The molecule has 4 aromatic rings. The highest BCUT2D eigenvalue weighted by molar-refractivity contribution is 6.32. The molecule has 206 valence electrons. The predicted octanol–water partition coefficient (Wildman–Crippen LogP) is 6.62. The Bertz CT molecular complexity index is 1600. The van der Waals surface area contributed by atoms with Crippen LogP contribution in [0, 0.1) is 17.2 Å². The molecule has 3 aromatic carbocycles. The van der Waals surface area contributed by atoms with Crippen LogP contribution in [0.5, 0.6) is 5.75 Å². The van der Waals surface area contributed by atoms with Crippen molar-refractivity contribution in [3.8, 4) is 16.9 Å². The van der Waals surface area contributed by atoms with E-state index in [9.17, 15) is 14.0 Å². The summed E-state index contributed by atoms with van der Waals surface area (Å²) in [4.78, 5) is 25.1. The highest BCUT2D eigenvalue weighted by atomic mass is 35.5. The zero-order chi connectivity index (χ0) is 28.0. The van der Waals surface area contributed by atoms with Crippen molar-refractivity contribution in [3.63, 3.8) is 0 Å². The van der Waals surface area contributed by atoms with Gasteiger partial charge in [0.05, 0.1) is 36.2 Å². The number of aromatic nitrogens is 1. The Morgan fingerprint density at radius 1 is 1.00 bits per heavy atom. The van der Waals surface area contributed by atoms with Crippen molar-refractivity contribution in [3.05, 3.63) is 88.8 Å². The molecule has 8 heteroatoms. The van der Waals surface area contributed by atoms with Crippen LogP contribution in [0.3, 0.4) is 0 Å². The lowest BCUT2D eigenvalue weighted by Gasteiger charge is -2.56. The molecule has 0 unspecified atom stereocenters. The molecule has 1 aromatic heterocycles. The van der Waals surface area contributed by atoms with Gasteiger partial charge in [0.15, 0.2) is 0 Å². The molecule has 2 aliphatic carbocycles. The number of carbonyl (C=O) groups excluding carboxylic acids is 2. The van der Waals surface area contributed by atoms with E-state index in [1.54, 1.807) is 19.2 Å². The monoisotopic (exact) mass is 560 g/mol. The summed E-state index contributed by atoms with van der Waals surface area (Å²) < 4.78 is 26.7. The summed E-state index contributed by atoms with van der Waals surface area (Å²) in [5.74, 6) is -0.110. The lowest BCUT2D eigenvalue weighted by molar-refractivity contribution is -0.159. The summed E-state index contributed by atoms with van der Waals surface area (Å²) in [6, 6.07) is 18.4. The third-order valence-electron chi connectivity index (χ3n) is 8.50. The quantitative estimate of drug-likeness (QED) is 0.258.